The number of carbonyl (C=O) groups is 1. The second-order valence-corrected chi connectivity index (χ2v) is 8.31. The molecule has 0 spiro atoms. The van der Waals surface area contributed by atoms with E-state index in [9.17, 15) is 4.79 Å². The molecule has 0 fully saturated rings. The van der Waals surface area contributed by atoms with E-state index in [1.54, 1.807) is 26.6 Å². The fraction of sp³-hybridized carbons (Fsp3) is 0.269. The molecule has 4 aromatic rings. The van der Waals surface area contributed by atoms with Crippen molar-refractivity contribution in [1.82, 2.24) is 14.8 Å². The SMILES string of the molecule is COc1ccc(Cn2ncc3cc(C(=O)N4CCCc5cc(C)ccc54)cnc32)c(OC)c1. The van der Waals surface area contributed by atoms with Crippen molar-refractivity contribution in [2.75, 3.05) is 25.7 Å². The maximum Gasteiger partial charge on any atom is 0.259 e. The number of hydrogen-bond acceptors (Lipinski definition) is 5. The van der Waals surface area contributed by atoms with Crippen LogP contribution >= 0.6 is 0 Å². The van der Waals surface area contributed by atoms with Gasteiger partial charge in [0, 0.05) is 35.4 Å². The Labute approximate surface area is 192 Å². The van der Waals surface area contributed by atoms with E-state index in [1.807, 2.05) is 39.9 Å². The van der Waals surface area contributed by atoms with Crippen LogP contribution < -0.4 is 14.4 Å². The minimum atomic E-state index is -0.0289. The molecule has 168 valence electrons. The fourth-order valence-electron chi connectivity index (χ4n) is 4.44. The molecule has 0 saturated heterocycles. The summed E-state index contributed by atoms with van der Waals surface area (Å²) in [6, 6.07) is 13.9. The summed E-state index contributed by atoms with van der Waals surface area (Å²) < 4.78 is 12.6. The van der Waals surface area contributed by atoms with E-state index >= 15 is 0 Å². The van der Waals surface area contributed by atoms with Gasteiger partial charge in [-0.15, -0.1) is 0 Å². The molecule has 1 amide bonds. The van der Waals surface area contributed by atoms with E-state index in [4.69, 9.17) is 9.47 Å². The van der Waals surface area contributed by atoms with Gasteiger partial charge < -0.3 is 14.4 Å². The Morgan fingerprint density at radius 1 is 1.06 bits per heavy atom. The molecule has 0 bridgehead atoms. The third-order valence-corrected chi connectivity index (χ3v) is 6.14. The Hall–Kier alpha value is -3.87. The highest BCUT2D eigenvalue weighted by molar-refractivity contribution is 6.07. The van der Waals surface area contributed by atoms with Crippen molar-refractivity contribution in [3.8, 4) is 11.5 Å². The largest absolute Gasteiger partial charge is 0.497 e. The third-order valence-electron chi connectivity index (χ3n) is 6.14. The molecule has 0 N–H and O–H groups in total. The van der Waals surface area contributed by atoms with Crippen LogP contribution in [0, 0.1) is 6.92 Å². The molecule has 2 aromatic heterocycles. The lowest BCUT2D eigenvalue weighted by molar-refractivity contribution is 0.0985. The number of anilines is 1. The van der Waals surface area contributed by atoms with E-state index in [-0.39, 0.29) is 5.91 Å². The van der Waals surface area contributed by atoms with Crippen LogP contribution in [0.4, 0.5) is 5.69 Å². The lowest BCUT2D eigenvalue weighted by atomic mass is 9.99. The van der Waals surface area contributed by atoms with Crippen molar-refractivity contribution >= 4 is 22.6 Å². The zero-order valence-electron chi connectivity index (χ0n) is 19.0. The standard InChI is InChI=1S/C26H26N4O3/c1-17-6-9-23-18(11-17)5-4-10-29(23)26(31)21-12-20-15-28-30(25(20)27-14-21)16-19-7-8-22(32-2)13-24(19)33-3/h6-9,11-15H,4-5,10,16H2,1-3H3. The number of pyridine rings is 1. The summed E-state index contributed by atoms with van der Waals surface area (Å²) >= 11 is 0. The van der Waals surface area contributed by atoms with Gasteiger partial charge in [-0.1, -0.05) is 17.7 Å². The molecule has 7 heteroatoms. The van der Waals surface area contributed by atoms with Crippen molar-refractivity contribution in [1.29, 1.82) is 0 Å². The maximum absolute atomic E-state index is 13.4. The monoisotopic (exact) mass is 442 g/mol. The van der Waals surface area contributed by atoms with Gasteiger partial charge in [-0.05, 0) is 49.6 Å². The fourth-order valence-corrected chi connectivity index (χ4v) is 4.44. The number of aromatic nitrogens is 3. The second-order valence-electron chi connectivity index (χ2n) is 8.31. The second kappa shape index (κ2) is 8.58. The maximum atomic E-state index is 13.4. The van der Waals surface area contributed by atoms with E-state index in [0.717, 1.165) is 46.6 Å². The van der Waals surface area contributed by atoms with Crippen LogP contribution in [0.5, 0.6) is 11.5 Å². The summed E-state index contributed by atoms with van der Waals surface area (Å²) in [5, 5.41) is 5.34. The molecular formula is C26H26N4O3. The zero-order valence-corrected chi connectivity index (χ0v) is 19.0. The van der Waals surface area contributed by atoms with Gasteiger partial charge >= 0.3 is 0 Å². The lowest BCUT2D eigenvalue weighted by Gasteiger charge is -2.29. The van der Waals surface area contributed by atoms with Crippen LogP contribution in [-0.2, 0) is 13.0 Å². The van der Waals surface area contributed by atoms with Gasteiger partial charge in [0.25, 0.3) is 5.91 Å². The molecule has 1 aliphatic heterocycles. The zero-order chi connectivity index (χ0) is 22.9. The summed E-state index contributed by atoms with van der Waals surface area (Å²) in [5.41, 5.74) is 5.69. The van der Waals surface area contributed by atoms with Crippen LogP contribution in [0.3, 0.4) is 0 Å². The van der Waals surface area contributed by atoms with Crippen LogP contribution in [0.1, 0.15) is 33.5 Å². The molecule has 33 heavy (non-hydrogen) atoms. The van der Waals surface area contributed by atoms with Crippen molar-refractivity contribution in [2.24, 2.45) is 0 Å². The average molecular weight is 443 g/mol. The minimum Gasteiger partial charge on any atom is -0.497 e. The normalized spacial score (nSPS) is 13.1. The molecule has 0 saturated carbocycles. The highest BCUT2D eigenvalue weighted by Crippen LogP contribution is 2.30. The van der Waals surface area contributed by atoms with E-state index in [1.165, 1.54) is 11.1 Å². The number of nitrogens with zero attached hydrogens (tertiary/aromatic N) is 4. The third kappa shape index (κ3) is 3.91. The first-order valence-electron chi connectivity index (χ1n) is 11.0. The Kier molecular flexibility index (Phi) is 5.46. The molecule has 0 radical (unpaired) electrons. The van der Waals surface area contributed by atoms with Gasteiger partial charge in [0.05, 0.1) is 32.5 Å². The quantitative estimate of drug-likeness (QED) is 0.458. The van der Waals surface area contributed by atoms with Gasteiger partial charge in [0.15, 0.2) is 5.65 Å². The predicted octanol–water partition coefficient (Wildman–Crippen LogP) is 4.40. The van der Waals surface area contributed by atoms with Crippen LogP contribution in [0.15, 0.2) is 54.9 Å². The molecule has 0 atom stereocenters. The average Bonchev–Trinajstić information content (AvgIpc) is 3.25. The van der Waals surface area contributed by atoms with Gasteiger partial charge in [-0.3, -0.25) is 4.79 Å². The number of aryl methyl sites for hydroxylation is 2. The first kappa shape index (κ1) is 21.0. The predicted molar refractivity (Wildman–Crippen MR) is 127 cm³/mol. The molecule has 2 aromatic carbocycles. The summed E-state index contributed by atoms with van der Waals surface area (Å²) in [5.74, 6) is 1.43. The van der Waals surface area contributed by atoms with Crippen molar-refractivity contribution in [3.63, 3.8) is 0 Å². The lowest BCUT2D eigenvalue weighted by Crippen LogP contribution is -2.35. The van der Waals surface area contributed by atoms with Gasteiger partial charge in [-0.2, -0.15) is 5.10 Å². The molecule has 7 nitrogen and oxygen atoms in total. The van der Waals surface area contributed by atoms with Crippen molar-refractivity contribution < 1.29 is 14.3 Å². The number of methoxy groups -OCH3 is 2. The number of amides is 1. The summed E-state index contributed by atoms with van der Waals surface area (Å²) in [7, 11) is 3.26. The first-order valence-corrected chi connectivity index (χ1v) is 11.0. The number of carbonyl (C=O) groups excluding carboxylic acids is 1. The Morgan fingerprint density at radius 2 is 1.94 bits per heavy atom. The number of benzene rings is 2. The van der Waals surface area contributed by atoms with Crippen LogP contribution in [-0.4, -0.2) is 41.4 Å². The highest BCUT2D eigenvalue weighted by Gasteiger charge is 2.24. The number of rotatable bonds is 5. The summed E-state index contributed by atoms with van der Waals surface area (Å²) in [6.45, 7) is 3.29. The summed E-state index contributed by atoms with van der Waals surface area (Å²) in [6.07, 6.45) is 5.36. The van der Waals surface area contributed by atoms with Gasteiger partial charge in [0.1, 0.15) is 11.5 Å². The Bertz CT molecular complexity index is 1340. The minimum absolute atomic E-state index is 0.0289. The molecule has 5 rings (SSSR count). The highest BCUT2D eigenvalue weighted by atomic mass is 16.5. The molecule has 3 heterocycles. The molecule has 0 unspecified atom stereocenters. The number of hydrogen-bond donors (Lipinski definition) is 0. The Morgan fingerprint density at radius 3 is 2.76 bits per heavy atom. The molecule has 0 aliphatic carbocycles. The van der Waals surface area contributed by atoms with Gasteiger partial charge in [0.2, 0.25) is 0 Å². The van der Waals surface area contributed by atoms with Crippen molar-refractivity contribution in [3.05, 3.63) is 77.1 Å². The van der Waals surface area contributed by atoms with E-state index in [0.29, 0.717) is 18.7 Å². The van der Waals surface area contributed by atoms with Gasteiger partial charge in [-0.25, -0.2) is 9.67 Å². The summed E-state index contributed by atoms with van der Waals surface area (Å²) in [4.78, 5) is 19.8. The number of fused-ring (bicyclic) bond motifs is 2. The van der Waals surface area contributed by atoms with E-state index < -0.39 is 0 Å². The van der Waals surface area contributed by atoms with Crippen LogP contribution in [0.2, 0.25) is 0 Å². The first-order chi connectivity index (χ1) is 16.1. The van der Waals surface area contributed by atoms with Crippen molar-refractivity contribution in [2.45, 2.75) is 26.3 Å². The molecule has 1 aliphatic rings. The number of ether oxygens (including phenoxy) is 2. The molecular weight excluding hydrogens is 416 g/mol. The Balaban J connectivity index is 1.43. The van der Waals surface area contributed by atoms with Crippen LogP contribution in [0.25, 0.3) is 11.0 Å². The topological polar surface area (TPSA) is 69.5 Å². The smallest absolute Gasteiger partial charge is 0.259 e. The van der Waals surface area contributed by atoms with E-state index in [2.05, 4.69) is 29.1 Å².